The van der Waals surface area contributed by atoms with E-state index in [-0.39, 0.29) is 11.4 Å². The van der Waals surface area contributed by atoms with Crippen LogP contribution in [0.15, 0.2) is 66.1 Å². The van der Waals surface area contributed by atoms with Crippen molar-refractivity contribution in [2.24, 2.45) is 0 Å². The molecular weight excluding hydrogens is 294 g/mol. The van der Waals surface area contributed by atoms with Crippen LogP contribution in [-0.2, 0) is 10.0 Å². The number of halogens is 1. The number of nitrogens with one attached hydrogen (secondary N) is 1. The molecule has 0 saturated carbocycles. The third-order valence-corrected chi connectivity index (χ3v) is 4.45. The van der Waals surface area contributed by atoms with Gasteiger partial charge in [-0.15, -0.1) is 0 Å². The molecule has 0 spiro atoms. The van der Waals surface area contributed by atoms with Gasteiger partial charge in [0.2, 0.25) is 10.0 Å². The first-order valence-electron chi connectivity index (χ1n) is 5.97. The molecule has 0 amide bonds. The Morgan fingerprint density at radius 3 is 2.25 bits per heavy atom. The molecular formula is C15H14ClNO2S. The second-order valence-corrected chi connectivity index (χ2v) is 6.45. The Kier molecular flexibility index (Phi) is 4.60. The Bertz CT molecular complexity index is 694. The number of sulfonamides is 1. The van der Waals surface area contributed by atoms with Gasteiger partial charge in [-0.05, 0) is 35.4 Å². The summed E-state index contributed by atoms with van der Waals surface area (Å²) in [7, 11) is -3.55. The van der Waals surface area contributed by atoms with E-state index in [0.29, 0.717) is 10.6 Å². The molecule has 1 N–H and O–H groups in total. The molecule has 3 nitrogen and oxygen atoms in total. The molecule has 0 saturated heterocycles. The molecule has 2 aromatic rings. The number of hydrogen-bond donors (Lipinski definition) is 1. The maximum atomic E-state index is 12.1. The predicted molar refractivity (Wildman–Crippen MR) is 82.1 cm³/mol. The zero-order valence-electron chi connectivity index (χ0n) is 10.7. The van der Waals surface area contributed by atoms with Gasteiger partial charge < -0.3 is 0 Å². The highest BCUT2D eigenvalue weighted by Crippen LogP contribution is 2.15. The minimum Gasteiger partial charge on any atom is -0.207 e. The van der Waals surface area contributed by atoms with Crippen LogP contribution in [0, 0.1) is 0 Å². The number of benzene rings is 2. The fourth-order valence-electron chi connectivity index (χ4n) is 1.66. The second kappa shape index (κ2) is 6.22. The molecule has 0 bridgehead atoms. The van der Waals surface area contributed by atoms with E-state index in [2.05, 4.69) is 11.3 Å². The average Bonchev–Trinajstić information content (AvgIpc) is 2.46. The second-order valence-electron chi connectivity index (χ2n) is 4.25. The van der Waals surface area contributed by atoms with Crippen molar-refractivity contribution in [2.75, 3.05) is 6.54 Å². The normalized spacial score (nSPS) is 11.2. The summed E-state index contributed by atoms with van der Waals surface area (Å²) in [5.41, 5.74) is 1.62. The summed E-state index contributed by atoms with van der Waals surface area (Å²) in [5.74, 6) is 0. The van der Waals surface area contributed by atoms with E-state index in [9.17, 15) is 8.42 Å². The zero-order valence-corrected chi connectivity index (χ0v) is 12.3. The molecule has 2 rings (SSSR count). The van der Waals surface area contributed by atoms with E-state index in [1.807, 2.05) is 30.3 Å². The summed E-state index contributed by atoms with van der Waals surface area (Å²) in [4.78, 5) is 0.183. The Morgan fingerprint density at radius 1 is 1.05 bits per heavy atom. The molecule has 104 valence electrons. The topological polar surface area (TPSA) is 46.2 Å². The summed E-state index contributed by atoms with van der Waals surface area (Å²) in [5, 5.41) is 0.498. The first-order chi connectivity index (χ1) is 9.49. The van der Waals surface area contributed by atoms with Crippen molar-refractivity contribution in [3.8, 4) is 0 Å². The lowest BCUT2D eigenvalue weighted by Gasteiger charge is -2.09. The number of hydrogen-bond acceptors (Lipinski definition) is 2. The average molecular weight is 308 g/mol. The highest BCUT2D eigenvalue weighted by atomic mass is 35.5. The van der Waals surface area contributed by atoms with Crippen molar-refractivity contribution >= 4 is 27.2 Å². The lowest BCUT2D eigenvalue weighted by molar-refractivity contribution is 0.586. The molecule has 0 fully saturated rings. The Labute approximate surface area is 124 Å². The zero-order chi connectivity index (χ0) is 14.6. The molecule has 0 aliphatic rings. The number of rotatable bonds is 5. The van der Waals surface area contributed by atoms with Crippen LogP contribution in [0.3, 0.4) is 0 Å². The van der Waals surface area contributed by atoms with Crippen molar-refractivity contribution in [3.63, 3.8) is 0 Å². The predicted octanol–water partition coefficient (Wildman–Crippen LogP) is 3.33. The van der Waals surface area contributed by atoms with Crippen LogP contribution in [0.4, 0.5) is 0 Å². The molecule has 0 heterocycles. The van der Waals surface area contributed by atoms with Gasteiger partial charge >= 0.3 is 0 Å². The molecule has 0 atom stereocenters. The fourth-order valence-corrected chi connectivity index (χ4v) is 2.81. The Balaban J connectivity index is 2.06. The van der Waals surface area contributed by atoms with Crippen molar-refractivity contribution in [2.45, 2.75) is 4.90 Å². The molecule has 0 radical (unpaired) electrons. The van der Waals surface area contributed by atoms with Crippen LogP contribution in [0.25, 0.3) is 5.57 Å². The van der Waals surface area contributed by atoms with Crippen molar-refractivity contribution in [1.29, 1.82) is 0 Å². The first-order valence-corrected chi connectivity index (χ1v) is 7.83. The maximum absolute atomic E-state index is 12.1. The molecule has 2 aromatic carbocycles. The van der Waals surface area contributed by atoms with Crippen molar-refractivity contribution in [1.82, 2.24) is 4.72 Å². The lowest BCUT2D eigenvalue weighted by Crippen LogP contribution is -2.25. The SMILES string of the molecule is C=C(CNS(=O)(=O)c1ccc(Cl)cc1)c1ccccc1. The van der Waals surface area contributed by atoms with Crippen LogP contribution in [0.2, 0.25) is 5.02 Å². The molecule has 0 aliphatic carbocycles. The van der Waals surface area contributed by atoms with Crippen LogP contribution in [-0.4, -0.2) is 15.0 Å². The Hall–Kier alpha value is -1.62. The molecule has 5 heteroatoms. The maximum Gasteiger partial charge on any atom is 0.240 e. The van der Waals surface area contributed by atoms with Gasteiger partial charge in [0.25, 0.3) is 0 Å². The first kappa shape index (κ1) is 14.8. The Morgan fingerprint density at radius 2 is 1.65 bits per heavy atom. The van der Waals surface area contributed by atoms with Crippen molar-refractivity contribution < 1.29 is 8.42 Å². The summed E-state index contributed by atoms with van der Waals surface area (Å²) >= 11 is 5.74. The molecule has 0 aromatic heterocycles. The quantitative estimate of drug-likeness (QED) is 0.921. The van der Waals surface area contributed by atoms with Crippen molar-refractivity contribution in [3.05, 3.63) is 71.8 Å². The van der Waals surface area contributed by atoms with Gasteiger partial charge in [-0.1, -0.05) is 48.5 Å². The van der Waals surface area contributed by atoms with Crippen LogP contribution >= 0.6 is 11.6 Å². The molecule has 0 unspecified atom stereocenters. The highest BCUT2D eigenvalue weighted by molar-refractivity contribution is 7.89. The van der Waals surface area contributed by atoms with E-state index in [0.717, 1.165) is 5.56 Å². The lowest BCUT2D eigenvalue weighted by atomic mass is 10.1. The monoisotopic (exact) mass is 307 g/mol. The highest BCUT2D eigenvalue weighted by Gasteiger charge is 2.13. The minimum atomic E-state index is -3.55. The largest absolute Gasteiger partial charge is 0.240 e. The summed E-state index contributed by atoms with van der Waals surface area (Å²) < 4.78 is 26.7. The minimum absolute atomic E-state index is 0.162. The smallest absolute Gasteiger partial charge is 0.207 e. The third kappa shape index (κ3) is 3.70. The van der Waals surface area contributed by atoms with E-state index < -0.39 is 10.0 Å². The summed E-state index contributed by atoms with van der Waals surface area (Å²) in [6.07, 6.45) is 0. The van der Waals surface area contributed by atoms with E-state index >= 15 is 0 Å². The van der Waals surface area contributed by atoms with E-state index in [1.54, 1.807) is 12.1 Å². The van der Waals surface area contributed by atoms with Gasteiger partial charge in [0, 0.05) is 11.6 Å². The molecule has 20 heavy (non-hydrogen) atoms. The summed E-state index contributed by atoms with van der Waals surface area (Å²) in [6, 6.07) is 15.5. The fraction of sp³-hybridized carbons (Fsp3) is 0.0667. The third-order valence-electron chi connectivity index (χ3n) is 2.78. The van der Waals surface area contributed by atoms with Crippen LogP contribution in [0.1, 0.15) is 5.56 Å². The van der Waals surface area contributed by atoms with Crippen LogP contribution in [0.5, 0.6) is 0 Å². The van der Waals surface area contributed by atoms with E-state index in [4.69, 9.17) is 11.6 Å². The molecule has 0 aliphatic heterocycles. The van der Waals surface area contributed by atoms with E-state index in [1.165, 1.54) is 12.1 Å². The standard InChI is InChI=1S/C15H14ClNO2S/c1-12(13-5-3-2-4-6-13)11-17-20(18,19)15-9-7-14(16)8-10-15/h2-10,17H,1,11H2. The van der Waals surface area contributed by atoms with Gasteiger partial charge in [0.05, 0.1) is 4.90 Å². The van der Waals surface area contributed by atoms with Gasteiger partial charge in [-0.3, -0.25) is 0 Å². The van der Waals surface area contributed by atoms with Gasteiger partial charge in [-0.2, -0.15) is 0 Å². The summed E-state index contributed by atoms with van der Waals surface area (Å²) in [6.45, 7) is 4.05. The van der Waals surface area contributed by atoms with Gasteiger partial charge in [0.1, 0.15) is 0 Å². The van der Waals surface area contributed by atoms with Crippen LogP contribution < -0.4 is 4.72 Å². The van der Waals surface area contributed by atoms with Gasteiger partial charge in [0.15, 0.2) is 0 Å². The van der Waals surface area contributed by atoms with Gasteiger partial charge in [-0.25, -0.2) is 13.1 Å².